The van der Waals surface area contributed by atoms with E-state index >= 15 is 0 Å². The van der Waals surface area contributed by atoms with Crippen LogP contribution in [0.15, 0.2) is 42.7 Å². The number of ether oxygens (including phenoxy) is 1. The van der Waals surface area contributed by atoms with Crippen LogP contribution in [0.3, 0.4) is 0 Å². The predicted molar refractivity (Wildman–Crippen MR) is 109 cm³/mol. The third-order valence-corrected chi connectivity index (χ3v) is 5.38. The van der Waals surface area contributed by atoms with Gasteiger partial charge in [-0.3, -0.25) is 14.8 Å². The third kappa shape index (κ3) is 6.55. The Morgan fingerprint density at radius 1 is 1.03 bits per heavy atom. The topological polar surface area (TPSA) is 93.2 Å². The fraction of sp³-hybridized carbons (Fsp3) is 0.455. The van der Waals surface area contributed by atoms with Crippen LogP contribution < -0.4 is 10.6 Å². The largest absolute Gasteiger partial charge is 0.445 e. The van der Waals surface area contributed by atoms with E-state index < -0.39 is 6.09 Å². The predicted octanol–water partition coefficient (Wildman–Crippen LogP) is 3.13. The van der Waals surface area contributed by atoms with E-state index in [4.69, 9.17) is 4.74 Å². The maximum absolute atomic E-state index is 12.4. The summed E-state index contributed by atoms with van der Waals surface area (Å²) >= 11 is 0. The van der Waals surface area contributed by atoms with E-state index in [0.717, 1.165) is 42.6 Å². The van der Waals surface area contributed by atoms with Crippen molar-refractivity contribution in [2.45, 2.75) is 45.8 Å². The van der Waals surface area contributed by atoms with E-state index in [-0.39, 0.29) is 18.4 Å². The molecule has 7 heteroatoms. The summed E-state index contributed by atoms with van der Waals surface area (Å²) in [5, 5.41) is 5.82. The van der Waals surface area contributed by atoms with Crippen molar-refractivity contribution in [1.82, 2.24) is 20.6 Å². The van der Waals surface area contributed by atoms with Gasteiger partial charge in [0.15, 0.2) is 0 Å². The highest BCUT2D eigenvalue weighted by Gasteiger charge is 2.26. The van der Waals surface area contributed by atoms with E-state index in [9.17, 15) is 9.59 Å². The van der Waals surface area contributed by atoms with Gasteiger partial charge in [0.2, 0.25) is 5.91 Å². The van der Waals surface area contributed by atoms with Crippen molar-refractivity contribution >= 4 is 12.0 Å². The highest BCUT2D eigenvalue weighted by Crippen LogP contribution is 2.28. The molecule has 0 unspecified atom stereocenters. The van der Waals surface area contributed by atoms with E-state index in [1.807, 2.05) is 37.3 Å². The highest BCUT2D eigenvalue weighted by molar-refractivity contribution is 5.78. The molecule has 1 aromatic carbocycles. The molecular formula is C22H28N4O3. The van der Waals surface area contributed by atoms with Crippen LogP contribution in [0.4, 0.5) is 4.79 Å². The Bertz CT molecular complexity index is 805. The summed E-state index contributed by atoms with van der Waals surface area (Å²) in [7, 11) is 0. The van der Waals surface area contributed by atoms with Gasteiger partial charge >= 0.3 is 6.09 Å². The summed E-state index contributed by atoms with van der Waals surface area (Å²) < 4.78 is 5.24. The zero-order valence-corrected chi connectivity index (χ0v) is 16.8. The first-order valence-corrected chi connectivity index (χ1v) is 10.1. The lowest BCUT2D eigenvalue weighted by atomic mass is 9.81. The van der Waals surface area contributed by atoms with Gasteiger partial charge in [0.25, 0.3) is 0 Å². The number of nitrogens with one attached hydrogen (secondary N) is 2. The summed E-state index contributed by atoms with van der Waals surface area (Å²) in [4.78, 5) is 32.7. The maximum Gasteiger partial charge on any atom is 0.407 e. The summed E-state index contributed by atoms with van der Waals surface area (Å²) in [5.41, 5.74) is 2.60. The number of aromatic nitrogens is 2. The Kier molecular flexibility index (Phi) is 7.55. The van der Waals surface area contributed by atoms with E-state index in [0.29, 0.717) is 19.0 Å². The molecule has 1 fully saturated rings. The Labute approximate surface area is 171 Å². The number of alkyl carbamates (subject to hydrolysis) is 1. The summed E-state index contributed by atoms with van der Waals surface area (Å²) in [5.74, 6) is 0.475. The summed E-state index contributed by atoms with van der Waals surface area (Å²) in [6, 6.07) is 9.60. The van der Waals surface area contributed by atoms with E-state index in [1.54, 1.807) is 12.4 Å². The van der Waals surface area contributed by atoms with Gasteiger partial charge in [-0.15, -0.1) is 0 Å². The zero-order valence-electron chi connectivity index (χ0n) is 16.8. The molecule has 29 heavy (non-hydrogen) atoms. The number of carbonyl (C=O) groups excluding carboxylic acids is 2. The van der Waals surface area contributed by atoms with Crippen LogP contribution in [0.1, 0.15) is 42.6 Å². The van der Waals surface area contributed by atoms with Crippen molar-refractivity contribution in [2.75, 3.05) is 6.54 Å². The molecule has 0 saturated heterocycles. The molecule has 2 N–H and O–H groups in total. The molecule has 0 bridgehead atoms. The van der Waals surface area contributed by atoms with Gasteiger partial charge in [-0.2, -0.15) is 0 Å². The molecule has 2 amide bonds. The number of hydrogen-bond acceptors (Lipinski definition) is 5. The van der Waals surface area contributed by atoms with Crippen molar-refractivity contribution in [1.29, 1.82) is 0 Å². The van der Waals surface area contributed by atoms with Gasteiger partial charge in [-0.25, -0.2) is 4.79 Å². The Morgan fingerprint density at radius 2 is 1.76 bits per heavy atom. The van der Waals surface area contributed by atoms with Gasteiger partial charge in [0.05, 0.1) is 17.9 Å². The molecule has 2 aromatic rings. The number of amides is 2. The Morgan fingerprint density at radius 3 is 2.48 bits per heavy atom. The molecular weight excluding hydrogens is 368 g/mol. The molecule has 7 nitrogen and oxygen atoms in total. The fourth-order valence-corrected chi connectivity index (χ4v) is 3.56. The lowest BCUT2D eigenvalue weighted by molar-refractivity contribution is -0.126. The normalized spacial score (nSPS) is 18.7. The second-order valence-corrected chi connectivity index (χ2v) is 7.47. The first kappa shape index (κ1) is 20.8. The molecule has 1 aliphatic rings. The fourth-order valence-electron chi connectivity index (χ4n) is 3.56. The van der Waals surface area contributed by atoms with E-state index in [1.165, 1.54) is 0 Å². The Hall–Kier alpha value is -2.96. The molecule has 0 atom stereocenters. The number of benzene rings is 1. The quantitative estimate of drug-likeness (QED) is 0.750. The van der Waals surface area contributed by atoms with Crippen LogP contribution in [-0.2, 0) is 22.7 Å². The van der Waals surface area contributed by atoms with Gasteiger partial charge in [0, 0.05) is 24.9 Å². The zero-order chi connectivity index (χ0) is 20.5. The SMILES string of the molecule is Cc1nccnc1CNC(=O)C1CCC(CNC(=O)OCc2ccccc2)CC1. The second-order valence-electron chi connectivity index (χ2n) is 7.47. The lowest BCUT2D eigenvalue weighted by Gasteiger charge is -2.27. The van der Waals surface area contributed by atoms with Crippen molar-refractivity contribution < 1.29 is 14.3 Å². The van der Waals surface area contributed by atoms with Crippen LogP contribution in [0, 0.1) is 18.8 Å². The monoisotopic (exact) mass is 396 g/mol. The molecule has 3 rings (SSSR count). The molecule has 0 radical (unpaired) electrons. The Balaban J connectivity index is 1.32. The standard InChI is InChI=1S/C22H28N4O3/c1-16-20(24-12-11-23-16)14-25-21(27)19-9-7-17(8-10-19)13-26-22(28)29-15-18-5-3-2-4-6-18/h2-6,11-12,17,19H,7-10,13-15H2,1H3,(H,25,27)(H,26,28). The van der Waals surface area contributed by atoms with Crippen LogP contribution >= 0.6 is 0 Å². The highest BCUT2D eigenvalue weighted by atomic mass is 16.5. The van der Waals surface area contributed by atoms with Crippen LogP contribution in [0.5, 0.6) is 0 Å². The van der Waals surface area contributed by atoms with Gasteiger partial charge in [-0.05, 0) is 44.1 Å². The second kappa shape index (κ2) is 10.5. The van der Waals surface area contributed by atoms with Gasteiger partial charge < -0.3 is 15.4 Å². The molecule has 1 saturated carbocycles. The van der Waals surface area contributed by atoms with Crippen molar-refractivity contribution in [3.05, 3.63) is 59.7 Å². The van der Waals surface area contributed by atoms with Gasteiger partial charge in [-0.1, -0.05) is 30.3 Å². The number of rotatable bonds is 7. The van der Waals surface area contributed by atoms with Crippen molar-refractivity contribution in [3.8, 4) is 0 Å². The average molecular weight is 396 g/mol. The molecule has 1 heterocycles. The lowest BCUT2D eigenvalue weighted by Crippen LogP contribution is -2.36. The maximum atomic E-state index is 12.4. The minimum atomic E-state index is -0.395. The molecule has 0 spiro atoms. The molecule has 154 valence electrons. The smallest absolute Gasteiger partial charge is 0.407 e. The van der Waals surface area contributed by atoms with Crippen molar-refractivity contribution in [3.63, 3.8) is 0 Å². The van der Waals surface area contributed by atoms with Crippen LogP contribution in [0.2, 0.25) is 0 Å². The van der Waals surface area contributed by atoms with E-state index in [2.05, 4.69) is 20.6 Å². The summed E-state index contributed by atoms with van der Waals surface area (Å²) in [6.07, 6.45) is 6.38. The average Bonchev–Trinajstić information content (AvgIpc) is 2.76. The summed E-state index contributed by atoms with van der Waals surface area (Å²) in [6.45, 7) is 3.15. The van der Waals surface area contributed by atoms with Gasteiger partial charge in [0.1, 0.15) is 6.61 Å². The number of hydrogen-bond donors (Lipinski definition) is 2. The first-order valence-electron chi connectivity index (χ1n) is 10.1. The first-order chi connectivity index (χ1) is 14.1. The van der Waals surface area contributed by atoms with Crippen molar-refractivity contribution in [2.24, 2.45) is 11.8 Å². The number of nitrogens with zero attached hydrogens (tertiary/aromatic N) is 2. The number of carbonyl (C=O) groups is 2. The third-order valence-electron chi connectivity index (χ3n) is 5.38. The molecule has 0 aliphatic heterocycles. The number of aryl methyl sites for hydroxylation is 1. The minimum Gasteiger partial charge on any atom is -0.445 e. The molecule has 1 aromatic heterocycles. The minimum absolute atomic E-state index is 0.0215. The molecule has 1 aliphatic carbocycles. The van der Waals surface area contributed by atoms with Crippen LogP contribution in [-0.4, -0.2) is 28.5 Å². The van der Waals surface area contributed by atoms with Crippen LogP contribution in [0.25, 0.3) is 0 Å².